The lowest BCUT2D eigenvalue weighted by Crippen LogP contribution is -2.49. The fourth-order valence-electron chi connectivity index (χ4n) is 3.61. The number of hydrogen-bond donors (Lipinski definition) is 0. The van der Waals surface area contributed by atoms with Crippen molar-refractivity contribution in [3.05, 3.63) is 12.2 Å². The fraction of sp³-hybridized carbons (Fsp3) is 0.800. The predicted octanol–water partition coefficient (Wildman–Crippen LogP) is 2.88. The summed E-state index contributed by atoms with van der Waals surface area (Å²) in [6.45, 7) is 7.64. The molecule has 106 valence electrons. The van der Waals surface area contributed by atoms with E-state index in [4.69, 9.17) is 9.47 Å². The Morgan fingerprint density at radius 3 is 2.58 bits per heavy atom. The van der Waals surface area contributed by atoms with Crippen LogP contribution < -0.4 is 0 Å². The molecule has 3 saturated heterocycles. The Kier molecular flexibility index (Phi) is 3.29. The van der Waals surface area contributed by atoms with E-state index in [1.807, 2.05) is 11.8 Å². The molecule has 0 spiro atoms. The normalized spacial score (nSPS) is 37.4. The van der Waals surface area contributed by atoms with Crippen molar-refractivity contribution >= 4 is 6.09 Å². The molecular weight excluding hydrogens is 242 g/mol. The third kappa shape index (κ3) is 2.16. The molecule has 0 aromatic heterocycles. The second-order valence-electron chi connectivity index (χ2n) is 6.11. The molecule has 4 heteroatoms. The molecule has 3 aliphatic heterocycles. The molecule has 3 atom stereocenters. The number of likely N-dealkylation sites (tertiary alicyclic amines) is 1. The van der Waals surface area contributed by atoms with Crippen LogP contribution in [0, 0.1) is 0 Å². The maximum Gasteiger partial charge on any atom is 0.410 e. The van der Waals surface area contributed by atoms with Crippen molar-refractivity contribution in [1.82, 2.24) is 4.90 Å². The minimum atomic E-state index is -0.572. The molecular formula is C15H23NO3. The molecule has 4 nitrogen and oxygen atoms in total. The summed E-state index contributed by atoms with van der Waals surface area (Å²) < 4.78 is 11.8. The first-order chi connectivity index (χ1) is 9.12. The lowest BCUT2D eigenvalue weighted by atomic mass is 9.80. The second-order valence-corrected chi connectivity index (χ2v) is 6.11. The quantitative estimate of drug-likeness (QED) is 0.721. The Bertz CT molecular complexity index is 389. The highest BCUT2D eigenvalue weighted by Gasteiger charge is 2.56. The molecule has 1 amide bonds. The zero-order valence-electron chi connectivity index (χ0n) is 11.7. The average molecular weight is 265 g/mol. The molecule has 3 heterocycles. The third-order valence-electron chi connectivity index (χ3n) is 4.76. The van der Waals surface area contributed by atoms with Gasteiger partial charge in [-0.05, 0) is 44.6 Å². The third-order valence-corrected chi connectivity index (χ3v) is 4.76. The van der Waals surface area contributed by atoms with E-state index in [1.165, 1.54) is 6.42 Å². The number of rotatable bonds is 2. The maximum absolute atomic E-state index is 12.3. The van der Waals surface area contributed by atoms with Gasteiger partial charge in [-0.1, -0.05) is 6.58 Å². The van der Waals surface area contributed by atoms with E-state index in [9.17, 15) is 4.79 Å². The predicted molar refractivity (Wildman–Crippen MR) is 72.0 cm³/mol. The number of carbonyl (C=O) groups excluding carboxylic acids is 1. The van der Waals surface area contributed by atoms with Crippen LogP contribution in [0.25, 0.3) is 0 Å². The van der Waals surface area contributed by atoms with Crippen LogP contribution in [-0.2, 0) is 9.47 Å². The highest BCUT2D eigenvalue weighted by molar-refractivity contribution is 5.69. The van der Waals surface area contributed by atoms with Crippen LogP contribution in [0.2, 0.25) is 0 Å². The van der Waals surface area contributed by atoms with Gasteiger partial charge in [-0.15, -0.1) is 0 Å². The minimum absolute atomic E-state index is 0.0174. The molecule has 0 radical (unpaired) electrons. The van der Waals surface area contributed by atoms with E-state index in [0.717, 1.165) is 50.8 Å². The van der Waals surface area contributed by atoms with E-state index in [2.05, 4.69) is 6.58 Å². The van der Waals surface area contributed by atoms with Crippen LogP contribution >= 0.6 is 0 Å². The molecule has 0 aliphatic carbocycles. The lowest BCUT2D eigenvalue weighted by Gasteiger charge is -2.38. The van der Waals surface area contributed by atoms with Gasteiger partial charge in [0.15, 0.2) is 5.60 Å². The van der Waals surface area contributed by atoms with Gasteiger partial charge in [0.1, 0.15) is 6.10 Å². The van der Waals surface area contributed by atoms with Crippen LogP contribution in [-0.4, -0.2) is 41.9 Å². The van der Waals surface area contributed by atoms with Gasteiger partial charge in [0, 0.05) is 19.5 Å². The van der Waals surface area contributed by atoms with Crippen molar-refractivity contribution in [3.63, 3.8) is 0 Å². The van der Waals surface area contributed by atoms with Gasteiger partial charge in [-0.25, -0.2) is 4.79 Å². The summed E-state index contributed by atoms with van der Waals surface area (Å²) in [7, 11) is 0. The SMILES string of the molecule is C=C(C)C1(OC(=O)N2CCCCC2)CC2CCC1O2. The molecule has 0 N–H and O–H groups in total. The van der Waals surface area contributed by atoms with Gasteiger partial charge in [0.25, 0.3) is 0 Å². The Hall–Kier alpha value is -1.03. The number of amides is 1. The monoisotopic (exact) mass is 265 g/mol. The number of hydrogen-bond acceptors (Lipinski definition) is 3. The summed E-state index contributed by atoms with van der Waals surface area (Å²) in [5, 5.41) is 0. The topological polar surface area (TPSA) is 38.8 Å². The number of carbonyl (C=O) groups is 1. The standard InChI is InChI=1S/C15H23NO3/c1-11(2)15(10-12-6-7-13(15)18-12)19-14(17)16-8-4-3-5-9-16/h12-13H,1,3-10H2,2H3. The lowest BCUT2D eigenvalue weighted by molar-refractivity contribution is -0.0326. The van der Waals surface area contributed by atoms with E-state index >= 15 is 0 Å². The summed E-state index contributed by atoms with van der Waals surface area (Å²) >= 11 is 0. The van der Waals surface area contributed by atoms with Gasteiger partial charge in [-0.2, -0.15) is 0 Å². The smallest absolute Gasteiger partial charge is 0.410 e. The first-order valence-corrected chi connectivity index (χ1v) is 7.41. The molecule has 3 unspecified atom stereocenters. The van der Waals surface area contributed by atoms with Crippen molar-refractivity contribution in [1.29, 1.82) is 0 Å². The van der Waals surface area contributed by atoms with Crippen molar-refractivity contribution in [3.8, 4) is 0 Å². The summed E-state index contributed by atoms with van der Waals surface area (Å²) in [6, 6.07) is 0. The zero-order chi connectivity index (χ0) is 13.5. The highest BCUT2D eigenvalue weighted by atomic mass is 16.6. The van der Waals surface area contributed by atoms with Crippen LogP contribution in [0.15, 0.2) is 12.2 Å². The maximum atomic E-state index is 12.3. The van der Waals surface area contributed by atoms with Crippen LogP contribution in [0.4, 0.5) is 4.79 Å². The van der Waals surface area contributed by atoms with Crippen LogP contribution in [0.5, 0.6) is 0 Å². The van der Waals surface area contributed by atoms with Crippen molar-refractivity contribution in [2.24, 2.45) is 0 Å². The van der Waals surface area contributed by atoms with Gasteiger partial charge >= 0.3 is 6.09 Å². The van der Waals surface area contributed by atoms with Crippen LogP contribution in [0.1, 0.15) is 45.4 Å². The highest BCUT2D eigenvalue weighted by Crippen LogP contribution is 2.47. The Labute approximate surface area is 114 Å². The largest absolute Gasteiger partial charge is 0.435 e. The first-order valence-electron chi connectivity index (χ1n) is 7.41. The molecule has 3 aliphatic rings. The minimum Gasteiger partial charge on any atom is -0.435 e. The molecule has 0 aromatic rings. The molecule has 2 bridgehead atoms. The average Bonchev–Trinajstić information content (AvgIpc) is 3.00. The molecule has 19 heavy (non-hydrogen) atoms. The van der Waals surface area contributed by atoms with E-state index in [0.29, 0.717) is 0 Å². The van der Waals surface area contributed by atoms with Gasteiger partial charge in [-0.3, -0.25) is 0 Å². The molecule has 0 aromatic carbocycles. The Morgan fingerprint density at radius 1 is 1.32 bits per heavy atom. The van der Waals surface area contributed by atoms with Crippen molar-refractivity contribution < 1.29 is 14.3 Å². The second kappa shape index (κ2) is 4.82. The van der Waals surface area contributed by atoms with Gasteiger partial charge in [0.05, 0.1) is 6.10 Å². The number of piperidine rings is 1. The molecule has 3 rings (SSSR count). The van der Waals surface area contributed by atoms with E-state index < -0.39 is 5.60 Å². The summed E-state index contributed by atoms with van der Waals surface area (Å²) in [4.78, 5) is 14.2. The summed E-state index contributed by atoms with van der Waals surface area (Å²) in [5.74, 6) is 0. The Balaban J connectivity index is 1.72. The van der Waals surface area contributed by atoms with Crippen molar-refractivity contribution in [2.75, 3.05) is 13.1 Å². The molecule has 0 saturated carbocycles. The number of nitrogens with zero attached hydrogens (tertiary/aromatic N) is 1. The Morgan fingerprint density at radius 2 is 2.05 bits per heavy atom. The van der Waals surface area contributed by atoms with E-state index in [-0.39, 0.29) is 18.3 Å². The zero-order valence-corrected chi connectivity index (χ0v) is 11.7. The summed E-state index contributed by atoms with van der Waals surface area (Å²) in [5.41, 5.74) is 0.349. The van der Waals surface area contributed by atoms with Crippen molar-refractivity contribution in [2.45, 2.75) is 63.3 Å². The first kappa shape index (κ1) is 13.0. The van der Waals surface area contributed by atoms with Gasteiger partial charge in [0.2, 0.25) is 0 Å². The van der Waals surface area contributed by atoms with E-state index in [1.54, 1.807) is 0 Å². The van der Waals surface area contributed by atoms with Crippen LogP contribution in [0.3, 0.4) is 0 Å². The number of ether oxygens (including phenoxy) is 2. The molecule has 3 fully saturated rings. The van der Waals surface area contributed by atoms with Gasteiger partial charge < -0.3 is 14.4 Å². The fourth-order valence-corrected chi connectivity index (χ4v) is 3.61. The summed E-state index contributed by atoms with van der Waals surface area (Å²) in [6.07, 6.45) is 6.30. The number of fused-ring (bicyclic) bond motifs is 2.